The van der Waals surface area contributed by atoms with Gasteiger partial charge in [-0.05, 0) is 44.1 Å². The molecule has 0 fully saturated rings. The number of nitrogens with zero attached hydrogens (tertiary/aromatic N) is 1. The summed E-state index contributed by atoms with van der Waals surface area (Å²) in [6.45, 7) is 12.5. The highest BCUT2D eigenvalue weighted by Crippen LogP contribution is 2.17. The van der Waals surface area contributed by atoms with E-state index < -0.39 is 0 Å². The third-order valence-corrected chi connectivity index (χ3v) is 3.11. The first-order chi connectivity index (χ1) is 7.63. The van der Waals surface area contributed by atoms with Crippen LogP contribution in [-0.2, 0) is 0 Å². The summed E-state index contributed by atoms with van der Waals surface area (Å²) in [4.78, 5) is 4.64. The summed E-state index contributed by atoms with van der Waals surface area (Å²) < 4.78 is 0. The Balaban J connectivity index is 2.88. The molecule has 1 heterocycles. The fraction of sp³-hybridized carbons (Fsp3) is 0.533. The molecule has 0 aliphatic carbocycles. The van der Waals surface area contributed by atoms with E-state index in [4.69, 9.17) is 0 Å². The van der Waals surface area contributed by atoms with E-state index in [-0.39, 0.29) is 0 Å². The number of hydrogen-bond acceptors (Lipinski definition) is 1. The van der Waals surface area contributed by atoms with E-state index in [1.165, 1.54) is 18.4 Å². The summed E-state index contributed by atoms with van der Waals surface area (Å²) >= 11 is 0. The van der Waals surface area contributed by atoms with Crippen LogP contribution in [0.2, 0.25) is 0 Å². The average molecular weight is 217 g/mol. The highest BCUT2D eigenvalue weighted by atomic mass is 14.8. The third kappa shape index (κ3) is 4.18. The summed E-state index contributed by atoms with van der Waals surface area (Å²) in [5.41, 5.74) is 3.38. The molecule has 0 N–H and O–H groups in total. The summed E-state index contributed by atoms with van der Waals surface area (Å²) in [5, 5.41) is 0. The zero-order valence-corrected chi connectivity index (χ0v) is 10.6. The van der Waals surface area contributed by atoms with Gasteiger partial charge >= 0.3 is 0 Å². The van der Waals surface area contributed by atoms with Crippen molar-refractivity contribution in [3.63, 3.8) is 0 Å². The second-order valence-electron chi connectivity index (χ2n) is 4.61. The van der Waals surface area contributed by atoms with E-state index in [9.17, 15) is 0 Å². The van der Waals surface area contributed by atoms with Gasteiger partial charge in [-0.2, -0.15) is 0 Å². The smallest absolute Gasteiger partial charge is 0.0434 e. The topological polar surface area (TPSA) is 12.4 Å². The van der Waals surface area contributed by atoms with Gasteiger partial charge in [0.1, 0.15) is 0 Å². The molecule has 16 heavy (non-hydrogen) atoms. The Labute approximate surface area is 99.7 Å². The van der Waals surface area contributed by atoms with Crippen LogP contribution in [0.3, 0.4) is 0 Å². The van der Waals surface area contributed by atoms with Crippen molar-refractivity contribution in [1.82, 2.24) is 0 Å². The van der Waals surface area contributed by atoms with E-state index in [1.54, 1.807) is 0 Å². The van der Waals surface area contributed by atoms with Crippen LogP contribution in [0.5, 0.6) is 0 Å². The molecule has 0 saturated heterocycles. The zero-order chi connectivity index (χ0) is 12.0. The minimum atomic E-state index is 0.500. The summed E-state index contributed by atoms with van der Waals surface area (Å²) in [6.07, 6.45) is 9.82. The highest BCUT2D eigenvalue weighted by molar-refractivity contribution is 5.97. The van der Waals surface area contributed by atoms with Gasteiger partial charge in [-0.15, -0.1) is 0 Å². The van der Waals surface area contributed by atoms with Gasteiger partial charge in [-0.25, -0.2) is 0 Å². The lowest BCUT2D eigenvalue weighted by Crippen LogP contribution is -2.08. The fourth-order valence-electron chi connectivity index (χ4n) is 1.73. The number of rotatable bonds is 2. The van der Waals surface area contributed by atoms with Crippen molar-refractivity contribution in [1.29, 1.82) is 0 Å². The van der Waals surface area contributed by atoms with Gasteiger partial charge in [0.2, 0.25) is 0 Å². The zero-order valence-electron chi connectivity index (χ0n) is 10.6. The second-order valence-corrected chi connectivity index (χ2v) is 4.61. The molecule has 1 aliphatic rings. The quantitative estimate of drug-likeness (QED) is 0.637. The van der Waals surface area contributed by atoms with Gasteiger partial charge in [-0.3, -0.25) is 4.99 Å². The Bertz CT molecular complexity index is 320. The van der Waals surface area contributed by atoms with E-state index >= 15 is 0 Å². The number of aliphatic imine (C=N–C) groups is 1. The van der Waals surface area contributed by atoms with Crippen LogP contribution in [0.15, 0.2) is 41.6 Å². The Kier molecular flexibility index (Phi) is 5.24. The molecule has 0 amide bonds. The Morgan fingerprint density at radius 2 is 1.94 bits per heavy atom. The monoisotopic (exact) mass is 217 g/mol. The predicted molar refractivity (Wildman–Crippen MR) is 72.8 cm³/mol. The van der Waals surface area contributed by atoms with Gasteiger partial charge in [-0.1, -0.05) is 38.7 Å². The summed E-state index contributed by atoms with van der Waals surface area (Å²) in [5.74, 6) is 0.500. The van der Waals surface area contributed by atoms with Crippen LogP contribution in [0.25, 0.3) is 0 Å². The Morgan fingerprint density at radius 3 is 2.62 bits per heavy atom. The first kappa shape index (κ1) is 13.0. The first-order valence-electron chi connectivity index (χ1n) is 6.25. The molecule has 1 heteroatoms. The number of hydrogen-bond donors (Lipinski definition) is 0. The fourth-order valence-corrected chi connectivity index (χ4v) is 1.73. The number of allylic oxidation sites excluding steroid dienone is 4. The maximum atomic E-state index is 4.64. The van der Waals surface area contributed by atoms with Crippen molar-refractivity contribution >= 4 is 5.71 Å². The molecular formula is C15H23N. The molecule has 1 unspecified atom stereocenters. The third-order valence-electron chi connectivity index (χ3n) is 3.11. The molecule has 0 aromatic carbocycles. The molecule has 0 aromatic rings. The van der Waals surface area contributed by atoms with Gasteiger partial charge < -0.3 is 0 Å². The van der Waals surface area contributed by atoms with Crippen LogP contribution >= 0.6 is 0 Å². The summed E-state index contributed by atoms with van der Waals surface area (Å²) in [6, 6.07) is 0. The normalized spacial score (nSPS) is 25.8. The molecule has 88 valence electrons. The largest absolute Gasteiger partial charge is 0.258 e. The van der Waals surface area contributed by atoms with Gasteiger partial charge in [0, 0.05) is 11.4 Å². The SMILES string of the molecule is C=C1/C=C\C(C(C)CC)=N/C(=C)CCCC1. The molecule has 1 atom stereocenters. The van der Waals surface area contributed by atoms with E-state index in [2.05, 4.69) is 44.1 Å². The minimum Gasteiger partial charge on any atom is -0.258 e. The predicted octanol–water partition coefficient (Wildman–Crippen LogP) is 4.67. The molecule has 1 aliphatic heterocycles. The maximum absolute atomic E-state index is 4.64. The van der Waals surface area contributed by atoms with Crippen molar-refractivity contribution in [3.05, 3.63) is 36.6 Å². The lowest BCUT2D eigenvalue weighted by atomic mass is 9.99. The highest BCUT2D eigenvalue weighted by Gasteiger charge is 2.07. The van der Waals surface area contributed by atoms with Gasteiger partial charge in [0.05, 0.1) is 0 Å². The molecule has 0 bridgehead atoms. The van der Waals surface area contributed by atoms with Crippen molar-refractivity contribution in [2.45, 2.75) is 46.0 Å². The lowest BCUT2D eigenvalue weighted by Gasteiger charge is -2.12. The Hall–Kier alpha value is -1.11. The lowest BCUT2D eigenvalue weighted by molar-refractivity contribution is 0.716. The van der Waals surface area contributed by atoms with Crippen LogP contribution in [-0.4, -0.2) is 5.71 Å². The average Bonchev–Trinajstić information content (AvgIpc) is 2.28. The van der Waals surface area contributed by atoms with E-state index in [0.29, 0.717) is 5.92 Å². The van der Waals surface area contributed by atoms with Crippen molar-refractivity contribution in [3.8, 4) is 0 Å². The molecule has 0 spiro atoms. The van der Waals surface area contributed by atoms with Crippen molar-refractivity contribution in [2.75, 3.05) is 0 Å². The second kappa shape index (κ2) is 6.47. The molecule has 0 radical (unpaired) electrons. The van der Waals surface area contributed by atoms with Gasteiger partial charge in [0.15, 0.2) is 0 Å². The molecule has 1 nitrogen and oxygen atoms in total. The van der Waals surface area contributed by atoms with Crippen LogP contribution in [0, 0.1) is 5.92 Å². The minimum absolute atomic E-state index is 0.500. The van der Waals surface area contributed by atoms with E-state index in [0.717, 1.165) is 30.7 Å². The van der Waals surface area contributed by atoms with Crippen LogP contribution in [0.4, 0.5) is 0 Å². The summed E-state index contributed by atoms with van der Waals surface area (Å²) in [7, 11) is 0. The van der Waals surface area contributed by atoms with Crippen molar-refractivity contribution in [2.24, 2.45) is 10.9 Å². The van der Waals surface area contributed by atoms with Crippen LogP contribution < -0.4 is 0 Å². The standard InChI is InChI=1S/C15H23N/c1-5-13(3)15-11-10-12(2)8-6-7-9-14(4)16-15/h10-11,13H,2,4-9H2,1,3H3/b11-10-,16-15+. The first-order valence-corrected chi connectivity index (χ1v) is 6.25. The molecule has 0 saturated carbocycles. The molecule has 0 aromatic heterocycles. The maximum Gasteiger partial charge on any atom is 0.0434 e. The molecule has 1 rings (SSSR count). The van der Waals surface area contributed by atoms with E-state index in [1.807, 2.05) is 0 Å². The molecular weight excluding hydrogens is 194 g/mol. The van der Waals surface area contributed by atoms with Gasteiger partial charge in [0.25, 0.3) is 0 Å². The van der Waals surface area contributed by atoms with Crippen LogP contribution in [0.1, 0.15) is 46.0 Å². The van der Waals surface area contributed by atoms with Crippen molar-refractivity contribution < 1.29 is 0 Å². The Morgan fingerprint density at radius 1 is 1.25 bits per heavy atom.